The lowest BCUT2D eigenvalue weighted by Gasteiger charge is -2.23. The molecule has 4 rings (SSSR count). The molecule has 2 aromatic carbocycles. The maximum Gasteiger partial charge on any atom is 0.341 e. The Bertz CT molecular complexity index is 1180. The second-order valence-electron chi connectivity index (χ2n) is 8.14. The van der Waals surface area contributed by atoms with Gasteiger partial charge in [0.05, 0.1) is 18.9 Å². The van der Waals surface area contributed by atoms with Crippen molar-refractivity contribution in [2.45, 2.75) is 33.3 Å². The second-order valence-corrected chi connectivity index (χ2v) is 8.14. The van der Waals surface area contributed by atoms with Crippen LogP contribution in [0.15, 0.2) is 47.3 Å². The molecule has 3 aromatic rings. The molecule has 2 heterocycles. The Morgan fingerprint density at radius 1 is 1.12 bits per heavy atom. The van der Waals surface area contributed by atoms with E-state index in [9.17, 15) is 9.59 Å². The molecule has 0 radical (unpaired) electrons. The van der Waals surface area contributed by atoms with E-state index in [1.165, 1.54) is 0 Å². The fourth-order valence-corrected chi connectivity index (χ4v) is 3.90. The fourth-order valence-electron chi connectivity index (χ4n) is 3.90. The maximum atomic E-state index is 12.7. The summed E-state index contributed by atoms with van der Waals surface area (Å²) in [4.78, 5) is 28.4. The van der Waals surface area contributed by atoms with E-state index in [4.69, 9.17) is 18.9 Å². The Morgan fingerprint density at radius 2 is 1.91 bits per heavy atom. The Balaban J connectivity index is 1.53. The number of aromatic amines is 1. The molecule has 33 heavy (non-hydrogen) atoms. The van der Waals surface area contributed by atoms with Crippen LogP contribution in [0.1, 0.15) is 41.4 Å². The van der Waals surface area contributed by atoms with Gasteiger partial charge in [-0.2, -0.15) is 0 Å². The number of esters is 1. The van der Waals surface area contributed by atoms with Gasteiger partial charge in [0.2, 0.25) is 0 Å². The maximum absolute atomic E-state index is 12.7. The molecule has 7 nitrogen and oxygen atoms in total. The standard InChI is InChI=1S/C26H29NO6/c1-3-31-26(29)21-9-8-19(14-24(21)33-15-18-10-12-30-13-11-18)32-16-23-17(2)25(28)20-6-4-5-7-22(20)27-23/h4-9,14,18H,3,10-13,15-16H2,1-2H3,(H,27,28). The van der Waals surface area contributed by atoms with E-state index < -0.39 is 5.97 Å². The van der Waals surface area contributed by atoms with Crippen molar-refractivity contribution in [3.63, 3.8) is 0 Å². The van der Waals surface area contributed by atoms with E-state index in [0.29, 0.717) is 46.2 Å². The van der Waals surface area contributed by atoms with Crippen molar-refractivity contribution in [3.05, 3.63) is 69.5 Å². The molecule has 0 atom stereocenters. The molecule has 7 heteroatoms. The molecule has 1 aliphatic rings. The van der Waals surface area contributed by atoms with E-state index in [-0.39, 0.29) is 18.6 Å². The molecule has 0 bridgehead atoms. The molecule has 0 saturated carbocycles. The summed E-state index contributed by atoms with van der Waals surface area (Å²) in [6.45, 7) is 5.97. The van der Waals surface area contributed by atoms with Gasteiger partial charge in [-0.3, -0.25) is 4.79 Å². The van der Waals surface area contributed by atoms with Crippen molar-refractivity contribution in [1.29, 1.82) is 0 Å². The highest BCUT2D eigenvalue weighted by atomic mass is 16.5. The van der Waals surface area contributed by atoms with E-state index in [2.05, 4.69) is 4.98 Å². The minimum atomic E-state index is -0.430. The predicted molar refractivity (Wildman–Crippen MR) is 125 cm³/mol. The van der Waals surface area contributed by atoms with Gasteiger partial charge in [-0.05, 0) is 56.9 Å². The van der Waals surface area contributed by atoms with Gasteiger partial charge >= 0.3 is 5.97 Å². The number of ether oxygens (including phenoxy) is 4. The van der Waals surface area contributed by atoms with Gasteiger partial charge in [-0.15, -0.1) is 0 Å². The first-order valence-electron chi connectivity index (χ1n) is 11.3. The number of pyridine rings is 1. The van der Waals surface area contributed by atoms with E-state index in [0.717, 1.165) is 31.6 Å². The number of aromatic nitrogens is 1. The molecule has 174 valence electrons. The van der Waals surface area contributed by atoms with Crippen LogP contribution in [0.5, 0.6) is 11.5 Å². The minimum absolute atomic E-state index is 0.0129. The predicted octanol–water partition coefficient (Wildman–Crippen LogP) is 4.40. The number of hydrogen-bond acceptors (Lipinski definition) is 6. The number of fused-ring (bicyclic) bond motifs is 1. The second kappa shape index (κ2) is 10.5. The summed E-state index contributed by atoms with van der Waals surface area (Å²) in [6, 6.07) is 12.5. The Kier molecular flexibility index (Phi) is 7.29. The number of rotatable bonds is 8. The number of H-pyrrole nitrogens is 1. The summed E-state index contributed by atoms with van der Waals surface area (Å²) in [5, 5.41) is 0.654. The number of hydrogen-bond donors (Lipinski definition) is 1. The van der Waals surface area contributed by atoms with Gasteiger partial charge in [-0.25, -0.2) is 4.79 Å². The highest BCUT2D eigenvalue weighted by Gasteiger charge is 2.19. The summed E-state index contributed by atoms with van der Waals surface area (Å²) < 4.78 is 22.6. The van der Waals surface area contributed by atoms with Crippen LogP contribution in [0.3, 0.4) is 0 Å². The normalized spacial score (nSPS) is 14.2. The number of para-hydroxylation sites is 1. The Hall–Kier alpha value is -3.32. The topological polar surface area (TPSA) is 86.9 Å². The zero-order valence-electron chi connectivity index (χ0n) is 19.0. The zero-order valence-corrected chi connectivity index (χ0v) is 19.0. The number of carbonyl (C=O) groups is 1. The Morgan fingerprint density at radius 3 is 2.70 bits per heavy atom. The molecule has 1 N–H and O–H groups in total. The third-order valence-corrected chi connectivity index (χ3v) is 5.90. The molecule has 0 aliphatic carbocycles. The van der Waals surface area contributed by atoms with Crippen LogP contribution >= 0.6 is 0 Å². The SMILES string of the molecule is CCOC(=O)c1ccc(OCc2[nH]c3ccccc3c(=O)c2C)cc1OCC1CCOCC1. The first kappa shape index (κ1) is 22.9. The van der Waals surface area contributed by atoms with Gasteiger partial charge < -0.3 is 23.9 Å². The largest absolute Gasteiger partial charge is 0.492 e. The number of nitrogens with one attached hydrogen (secondary N) is 1. The highest BCUT2D eigenvalue weighted by Crippen LogP contribution is 2.28. The van der Waals surface area contributed by atoms with Gasteiger partial charge in [0, 0.05) is 35.7 Å². The lowest BCUT2D eigenvalue weighted by atomic mass is 10.0. The van der Waals surface area contributed by atoms with Crippen molar-refractivity contribution in [3.8, 4) is 11.5 Å². The van der Waals surface area contributed by atoms with Gasteiger partial charge in [0.15, 0.2) is 5.43 Å². The van der Waals surface area contributed by atoms with Gasteiger partial charge in [0.25, 0.3) is 0 Å². The quantitative estimate of drug-likeness (QED) is 0.511. The van der Waals surface area contributed by atoms with Crippen LogP contribution in [0.25, 0.3) is 10.9 Å². The first-order chi connectivity index (χ1) is 16.1. The monoisotopic (exact) mass is 451 g/mol. The average molecular weight is 452 g/mol. The molecule has 1 fully saturated rings. The fraction of sp³-hybridized carbons (Fsp3) is 0.385. The lowest BCUT2D eigenvalue weighted by molar-refractivity contribution is 0.0467. The van der Waals surface area contributed by atoms with Crippen molar-refractivity contribution >= 4 is 16.9 Å². The van der Waals surface area contributed by atoms with E-state index >= 15 is 0 Å². The summed E-state index contributed by atoms with van der Waals surface area (Å²) >= 11 is 0. The van der Waals surface area contributed by atoms with Crippen molar-refractivity contribution in [2.75, 3.05) is 26.4 Å². The molecule has 0 spiro atoms. The molecular weight excluding hydrogens is 422 g/mol. The number of benzene rings is 2. The molecule has 1 saturated heterocycles. The van der Waals surface area contributed by atoms with Gasteiger partial charge in [-0.1, -0.05) is 12.1 Å². The zero-order chi connectivity index (χ0) is 23.2. The third-order valence-electron chi connectivity index (χ3n) is 5.90. The summed E-state index contributed by atoms with van der Waals surface area (Å²) in [7, 11) is 0. The third kappa shape index (κ3) is 5.37. The summed E-state index contributed by atoms with van der Waals surface area (Å²) in [5.74, 6) is 0.920. The van der Waals surface area contributed by atoms with Gasteiger partial charge in [0.1, 0.15) is 23.7 Å². The van der Waals surface area contributed by atoms with Crippen LogP contribution < -0.4 is 14.9 Å². The molecule has 0 unspecified atom stereocenters. The van der Waals surface area contributed by atoms with Crippen molar-refractivity contribution in [1.82, 2.24) is 4.98 Å². The molecular formula is C26H29NO6. The molecule has 1 aliphatic heterocycles. The van der Waals surface area contributed by atoms with Crippen LogP contribution in [-0.2, 0) is 16.1 Å². The molecule has 1 aromatic heterocycles. The van der Waals surface area contributed by atoms with Crippen LogP contribution in [0, 0.1) is 12.8 Å². The average Bonchev–Trinajstić information content (AvgIpc) is 2.85. The first-order valence-corrected chi connectivity index (χ1v) is 11.3. The van der Waals surface area contributed by atoms with Crippen molar-refractivity contribution < 1.29 is 23.7 Å². The van der Waals surface area contributed by atoms with Crippen molar-refractivity contribution in [2.24, 2.45) is 5.92 Å². The van der Waals surface area contributed by atoms with Crippen LogP contribution in [-0.4, -0.2) is 37.4 Å². The highest BCUT2D eigenvalue weighted by molar-refractivity contribution is 5.92. The van der Waals surface area contributed by atoms with Crippen LogP contribution in [0.4, 0.5) is 0 Å². The Labute approximate surface area is 192 Å². The summed E-state index contributed by atoms with van der Waals surface area (Å²) in [5.41, 5.74) is 2.45. The summed E-state index contributed by atoms with van der Waals surface area (Å²) in [6.07, 6.45) is 1.86. The number of carbonyl (C=O) groups excluding carboxylic acids is 1. The molecule has 0 amide bonds. The van der Waals surface area contributed by atoms with Crippen LogP contribution in [0.2, 0.25) is 0 Å². The minimum Gasteiger partial charge on any atom is -0.492 e. The lowest BCUT2D eigenvalue weighted by Crippen LogP contribution is -2.22. The smallest absolute Gasteiger partial charge is 0.341 e. The van der Waals surface area contributed by atoms with E-state index in [1.807, 2.05) is 24.3 Å². The van der Waals surface area contributed by atoms with E-state index in [1.54, 1.807) is 32.0 Å².